The van der Waals surface area contributed by atoms with Crippen molar-refractivity contribution in [2.45, 2.75) is 10.6 Å². The minimum Gasteiger partial charge on any atom is -0.397 e. The van der Waals surface area contributed by atoms with E-state index < -0.39 is 0 Å². The second-order valence-electron chi connectivity index (χ2n) is 4.27. The van der Waals surface area contributed by atoms with Gasteiger partial charge in [0.2, 0.25) is 0 Å². The maximum absolute atomic E-state index is 5.69. The van der Waals surface area contributed by atoms with Gasteiger partial charge in [0, 0.05) is 21.8 Å². The van der Waals surface area contributed by atoms with Crippen LogP contribution in [-0.2, 0) is 5.75 Å². The van der Waals surface area contributed by atoms with Gasteiger partial charge in [-0.2, -0.15) is 4.98 Å². The van der Waals surface area contributed by atoms with Crippen LogP contribution in [0.1, 0.15) is 5.82 Å². The smallest absolute Gasteiger partial charge is 0.259 e. The van der Waals surface area contributed by atoms with Crippen molar-refractivity contribution >= 4 is 33.4 Å². The molecule has 0 bridgehead atoms. The predicted octanol–water partition coefficient (Wildman–Crippen LogP) is 3.77. The van der Waals surface area contributed by atoms with Crippen molar-refractivity contribution in [1.82, 2.24) is 15.1 Å². The number of pyridine rings is 1. The molecular formula is C14H11BrN4OS. The normalized spacial score (nSPS) is 10.7. The lowest BCUT2D eigenvalue weighted by atomic mass is 10.2. The second-order valence-corrected chi connectivity index (χ2v) is 6.23. The van der Waals surface area contributed by atoms with Gasteiger partial charge in [-0.1, -0.05) is 21.1 Å². The van der Waals surface area contributed by atoms with Crippen molar-refractivity contribution in [1.29, 1.82) is 0 Å². The Morgan fingerprint density at radius 3 is 2.76 bits per heavy atom. The van der Waals surface area contributed by atoms with Crippen LogP contribution in [0.25, 0.3) is 11.5 Å². The molecule has 106 valence electrons. The Bertz CT molecular complexity index is 745. The topological polar surface area (TPSA) is 77.8 Å². The lowest BCUT2D eigenvalue weighted by Gasteiger charge is -1.98. The zero-order valence-corrected chi connectivity index (χ0v) is 13.3. The molecular weight excluding hydrogens is 352 g/mol. The van der Waals surface area contributed by atoms with E-state index in [0.29, 0.717) is 23.2 Å². The molecule has 3 rings (SSSR count). The molecule has 2 N–H and O–H groups in total. The molecule has 7 heteroatoms. The summed E-state index contributed by atoms with van der Waals surface area (Å²) in [7, 11) is 0. The Morgan fingerprint density at radius 2 is 2.00 bits per heavy atom. The van der Waals surface area contributed by atoms with Crippen molar-refractivity contribution in [3.05, 3.63) is 53.0 Å². The molecule has 0 aliphatic heterocycles. The van der Waals surface area contributed by atoms with Crippen molar-refractivity contribution < 1.29 is 4.52 Å². The van der Waals surface area contributed by atoms with Crippen LogP contribution < -0.4 is 5.73 Å². The van der Waals surface area contributed by atoms with E-state index in [1.165, 1.54) is 0 Å². The number of hydrogen-bond acceptors (Lipinski definition) is 6. The lowest BCUT2D eigenvalue weighted by Crippen LogP contribution is -1.88. The van der Waals surface area contributed by atoms with Gasteiger partial charge in [0.1, 0.15) is 0 Å². The SMILES string of the molecule is Nc1cncc(-c2nc(CSc3ccc(Br)cc3)no2)c1. The van der Waals surface area contributed by atoms with E-state index in [-0.39, 0.29) is 0 Å². The summed E-state index contributed by atoms with van der Waals surface area (Å²) in [4.78, 5) is 9.51. The molecule has 2 heterocycles. The number of thioether (sulfide) groups is 1. The van der Waals surface area contributed by atoms with Crippen LogP contribution in [0.3, 0.4) is 0 Å². The summed E-state index contributed by atoms with van der Waals surface area (Å²) < 4.78 is 6.29. The first-order valence-electron chi connectivity index (χ1n) is 6.12. The number of nitrogens with two attached hydrogens (primary N) is 1. The van der Waals surface area contributed by atoms with Crippen LogP contribution >= 0.6 is 27.7 Å². The standard InChI is InChI=1S/C14H11BrN4OS/c15-10-1-3-12(4-2-10)21-8-13-18-14(20-19-13)9-5-11(16)7-17-6-9/h1-7H,8,16H2. The Kier molecular flexibility index (Phi) is 4.21. The molecule has 21 heavy (non-hydrogen) atoms. The number of aromatic nitrogens is 3. The maximum atomic E-state index is 5.69. The van der Waals surface area contributed by atoms with Crippen LogP contribution in [0.5, 0.6) is 0 Å². The quantitative estimate of drug-likeness (QED) is 0.711. The van der Waals surface area contributed by atoms with Crippen LogP contribution in [0.4, 0.5) is 5.69 Å². The van der Waals surface area contributed by atoms with Crippen LogP contribution in [0, 0.1) is 0 Å². The zero-order chi connectivity index (χ0) is 14.7. The zero-order valence-electron chi connectivity index (χ0n) is 10.9. The number of anilines is 1. The summed E-state index contributed by atoms with van der Waals surface area (Å²) in [6.07, 6.45) is 3.22. The number of halogens is 1. The fraction of sp³-hybridized carbons (Fsp3) is 0.0714. The molecule has 0 saturated heterocycles. The number of benzene rings is 1. The average Bonchev–Trinajstić information content (AvgIpc) is 2.96. The molecule has 0 fully saturated rings. The van der Waals surface area contributed by atoms with Gasteiger partial charge < -0.3 is 10.3 Å². The molecule has 1 aromatic carbocycles. The third-order valence-corrected chi connectivity index (χ3v) is 4.19. The van der Waals surface area contributed by atoms with Gasteiger partial charge in [-0.15, -0.1) is 11.8 Å². The summed E-state index contributed by atoms with van der Waals surface area (Å²) in [6.45, 7) is 0. The lowest BCUT2D eigenvalue weighted by molar-refractivity contribution is 0.425. The van der Waals surface area contributed by atoms with Gasteiger partial charge in [0.25, 0.3) is 5.89 Å². The first kappa shape index (κ1) is 14.1. The van der Waals surface area contributed by atoms with E-state index >= 15 is 0 Å². The summed E-state index contributed by atoms with van der Waals surface area (Å²) >= 11 is 5.06. The van der Waals surface area contributed by atoms with Crippen molar-refractivity contribution in [3.63, 3.8) is 0 Å². The van der Waals surface area contributed by atoms with Crippen LogP contribution in [0.15, 0.2) is 56.6 Å². The van der Waals surface area contributed by atoms with Crippen molar-refractivity contribution in [2.75, 3.05) is 5.73 Å². The Morgan fingerprint density at radius 1 is 1.19 bits per heavy atom. The van der Waals surface area contributed by atoms with E-state index in [0.717, 1.165) is 14.9 Å². The number of hydrogen-bond donors (Lipinski definition) is 1. The van der Waals surface area contributed by atoms with Gasteiger partial charge in [-0.05, 0) is 30.3 Å². The molecule has 0 atom stereocenters. The van der Waals surface area contributed by atoms with E-state index in [1.807, 2.05) is 24.3 Å². The van der Waals surface area contributed by atoms with Crippen LogP contribution in [-0.4, -0.2) is 15.1 Å². The van der Waals surface area contributed by atoms with E-state index in [9.17, 15) is 0 Å². The fourth-order valence-corrected chi connectivity index (χ4v) is 2.69. The Balaban J connectivity index is 1.69. The first-order chi connectivity index (χ1) is 10.2. The first-order valence-corrected chi connectivity index (χ1v) is 7.90. The van der Waals surface area contributed by atoms with Gasteiger partial charge in [0.05, 0.1) is 17.0 Å². The molecule has 0 saturated carbocycles. The highest BCUT2D eigenvalue weighted by Crippen LogP contribution is 2.25. The number of nitrogens with zero attached hydrogens (tertiary/aromatic N) is 3. The molecule has 0 spiro atoms. The minimum atomic E-state index is 0.432. The fourth-order valence-electron chi connectivity index (χ4n) is 1.68. The van der Waals surface area contributed by atoms with E-state index in [1.54, 1.807) is 30.2 Å². The highest BCUT2D eigenvalue weighted by molar-refractivity contribution is 9.10. The molecule has 2 aromatic heterocycles. The highest BCUT2D eigenvalue weighted by Gasteiger charge is 2.09. The highest BCUT2D eigenvalue weighted by atomic mass is 79.9. The van der Waals surface area contributed by atoms with Gasteiger partial charge in [-0.3, -0.25) is 4.98 Å². The van der Waals surface area contributed by atoms with E-state index in [2.05, 4.69) is 31.1 Å². The molecule has 5 nitrogen and oxygen atoms in total. The van der Waals surface area contributed by atoms with Gasteiger partial charge >= 0.3 is 0 Å². The Hall–Kier alpha value is -1.86. The van der Waals surface area contributed by atoms with E-state index in [4.69, 9.17) is 10.3 Å². The molecule has 3 aromatic rings. The maximum Gasteiger partial charge on any atom is 0.259 e. The van der Waals surface area contributed by atoms with Crippen molar-refractivity contribution in [3.8, 4) is 11.5 Å². The third kappa shape index (κ3) is 3.62. The van der Waals surface area contributed by atoms with Crippen LogP contribution in [0.2, 0.25) is 0 Å². The average molecular weight is 363 g/mol. The molecule has 0 aliphatic rings. The third-order valence-electron chi connectivity index (χ3n) is 2.66. The molecule has 0 radical (unpaired) electrons. The predicted molar refractivity (Wildman–Crippen MR) is 85.6 cm³/mol. The minimum absolute atomic E-state index is 0.432. The summed E-state index contributed by atoms with van der Waals surface area (Å²) in [5, 5.41) is 3.97. The molecule has 0 aliphatic carbocycles. The second kappa shape index (κ2) is 6.28. The summed E-state index contributed by atoms with van der Waals surface area (Å²) in [6, 6.07) is 9.84. The Labute approximate surface area is 134 Å². The molecule has 0 amide bonds. The summed E-state index contributed by atoms with van der Waals surface area (Å²) in [5.74, 6) is 1.71. The largest absolute Gasteiger partial charge is 0.397 e. The van der Waals surface area contributed by atoms with Gasteiger partial charge in [-0.25, -0.2) is 0 Å². The monoisotopic (exact) mass is 362 g/mol. The number of rotatable bonds is 4. The van der Waals surface area contributed by atoms with Crippen molar-refractivity contribution in [2.24, 2.45) is 0 Å². The summed E-state index contributed by atoms with van der Waals surface area (Å²) in [5.41, 5.74) is 6.98. The van der Waals surface area contributed by atoms with Gasteiger partial charge in [0.15, 0.2) is 5.82 Å². The molecule has 0 unspecified atom stereocenters. The number of nitrogen functional groups attached to an aromatic ring is 1.